The molecule has 1 unspecified atom stereocenters. The molecule has 0 aliphatic rings. The van der Waals surface area contributed by atoms with Gasteiger partial charge in [-0.1, -0.05) is 6.92 Å². The highest BCUT2D eigenvalue weighted by atomic mass is 32.2. The van der Waals surface area contributed by atoms with Crippen molar-refractivity contribution in [2.24, 2.45) is 0 Å². The van der Waals surface area contributed by atoms with E-state index in [0.29, 0.717) is 6.54 Å². The maximum absolute atomic E-state index is 11.8. The molecule has 0 amide bonds. The average Bonchev–Trinajstić information content (AvgIpc) is 2.11. The maximum Gasteiger partial charge on any atom is 0.390 e. The van der Waals surface area contributed by atoms with E-state index >= 15 is 0 Å². The first-order valence-electron chi connectivity index (χ1n) is 4.95. The Morgan fingerprint density at radius 1 is 1.31 bits per heavy atom. The second-order valence-electron chi connectivity index (χ2n) is 3.42. The van der Waals surface area contributed by atoms with Gasteiger partial charge in [0, 0.05) is 13.1 Å². The van der Waals surface area contributed by atoms with Gasteiger partial charge in [0.05, 0.1) is 11.7 Å². The quantitative estimate of drug-likeness (QED) is 0.715. The van der Waals surface area contributed by atoms with Gasteiger partial charge in [0.25, 0.3) is 0 Å². The number of halogens is 3. The largest absolute Gasteiger partial charge is 0.390 e. The van der Waals surface area contributed by atoms with Crippen LogP contribution in [0.15, 0.2) is 0 Å². The molecule has 0 saturated carbocycles. The van der Waals surface area contributed by atoms with Gasteiger partial charge in [0.15, 0.2) is 0 Å². The van der Waals surface area contributed by atoms with Gasteiger partial charge in [-0.05, 0) is 13.5 Å². The van der Waals surface area contributed by atoms with Crippen LogP contribution < -0.4 is 10.0 Å². The zero-order valence-electron chi connectivity index (χ0n) is 9.26. The minimum Gasteiger partial charge on any atom is -0.316 e. The Labute approximate surface area is 93.7 Å². The molecule has 0 aromatic carbocycles. The fourth-order valence-corrected chi connectivity index (χ4v) is 1.94. The van der Waals surface area contributed by atoms with Crippen LogP contribution in [-0.4, -0.2) is 39.5 Å². The highest BCUT2D eigenvalue weighted by Crippen LogP contribution is 2.18. The van der Waals surface area contributed by atoms with Gasteiger partial charge in [0.1, 0.15) is 0 Å². The van der Waals surface area contributed by atoms with E-state index in [1.54, 1.807) is 0 Å². The second-order valence-corrected chi connectivity index (χ2v) is 5.61. The molecule has 0 aromatic heterocycles. The van der Waals surface area contributed by atoms with Crippen molar-refractivity contribution in [3.05, 3.63) is 0 Å². The van der Waals surface area contributed by atoms with Crippen LogP contribution in [0.2, 0.25) is 0 Å². The van der Waals surface area contributed by atoms with Crippen LogP contribution in [0.3, 0.4) is 0 Å². The molecule has 0 aromatic rings. The zero-order chi connectivity index (χ0) is 12.8. The van der Waals surface area contributed by atoms with Crippen LogP contribution in [0.1, 0.15) is 20.3 Å². The predicted molar refractivity (Wildman–Crippen MR) is 55.6 cm³/mol. The monoisotopic (exact) mass is 262 g/mol. The standard InChI is InChI=1S/C8H17F3N2O2S/c1-3-12-6-7(2)16(14,15)13-5-4-8(9,10)11/h7,12-13H,3-6H2,1-2H3. The molecule has 1 atom stereocenters. The Morgan fingerprint density at radius 2 is 1.88 bits per heavy atom. The molecule has 0 bridgehead atoms. The highest BCUT2D eigenvalue weighted by Gasteiger charge is 2.28. The van der Waals surface area contributed by atoms with Gasteiger partial charge in [-0.15, -0.1) is 0 Å². The summed E-state index contributed by atoms with van der Waals surface area (Å²) in [4.78, 5) is 0. The summed E-state index contributed by atoms with van der Waals surface area (Å²) in [6, 6.07) is 0. The molecule has 98 valence electrons. The number of alkyl halides is 3. The third-order valence-electron chi connectivity index (χ3n) is 1.92. The van der Waals surface area contributed by atoms with E-state index in [4.69, 9.17) is 0 Å². The van der Waals surface area contributed by atoms with Crippen molar-refractivity contribution in [2.75, 3.05) is 19.6 Å². The van der Waals surface area contributed by atoms with Crippen LogP contribution in [-0.2, 0) is 10.0 Å². The molecule has 0 heterocycles. The van der Waals surface area contributed by atoms with E-state index in [-0.39, 0.29) is 6.54 Å². The maximum atomic E-state index is 11.8. The van der Waals surface area contributed by atoms with E-state index in [9.17, 15) is 21.6 Å². The lowest BCUT2D eigenvalue weighted by molar-refractivity contribution is -0.132. The van der Waals surface area contributed by atoms with Gasteiger partial charge >= 0.3 is 6.18 Å². The first-order chi connectivity index (χ1) is 7.19. The van der Waals surface area contributed by atoms with Crippen molar-refractivity contribution in [1.82, 2.24) is 10.0 Å². The highest BCUT2D eigenvalue weighted by molar-refractivity contribution is 7.90. The Bertz CT molecular complexity index is 290. The number of rotatable bonds is 7. The Balaban J connectivity index is 4.05. The summed E-state index contributed by atoms with van der Waals surface area (Å²) in [7, 11) is -3.67. The summed E-state index contributed by atoms with van der Waals surface area (Å²) in [6.07, 6.45) is -5.49. The van der Waals surface area contributed by atoms with Crippen molar-refractivity contribution >= 4 is 10.0 Å². The fraction of sp³-hybridized carbons (Fsp3) is 1.00. The third-order valence-corrected chi connectivity index (χ3v) is 3.76. The Kier molecular flexibility index (Phi) is 6.27. The molecule has 8 heteroatoms. The lowest BCUT2D eigenvalue weighted by atomic mass is 10.4. The predicted octanol–water partition coefficient (Wildman–Crippen LogP) is 0.856. The smallest absolute Gasteiger partial charge is 0.316 e. The van der Waals surface area contributed by atoms with Crippen molar-refractivity contribution in [1.29, 1.82) is 0 Å². The van der Waals surface area contributed by atoms with Crippen molar-refractivity contribution in [3.8, 4) is 0 Å². The molecule has 0 aliphatic heterocycles. The van der Waals surface area contributed by atoms with Crippen molar-refractivity contribution in [3.63, 3.8) is 0 Å². The summed E-state index contributed by atoms with van der Waals surface area (Å²) in [5.41, 5.74) is 0. The van der Waals surface area contributed by atoms with E-state index in [2.05, 4.69) is 5.32 Å². The molecule has 2 N–H and O–H groups in total. The van der Waals surface area contributed by atoms with Crippen LogP contribution in [0, 0.1) is 0 Å². The normalized spacial score (nSPS) is 15.1. The second kappa shape index (κ2) is 6.41. The minimum absolute atomic E-state index is 0.220. The molecular formula is C8H17F3N2O2S. The molecule has 0 spiro atoms. The summed E-state index contributed by atoms with van der Waals surface area (Å²) < 4.78 is 60.1. The molecule has 4 nitrogen and oxygen atoms in total. The summed E-state index contributed by atoms with van der Waals surface area (Å²) >= 11 is 0. The number of sulfonamides is 1. The fourth-order valence-electron chi connectivity index (χ4n) is 0.935. The molecule has 0 rings (SSSR count). The summed E-state index contributed by atoms with van der Waals surface area (Å²) in [6.45, 7) is 3.48. The van der Waals surface area contributed by atoms with Crippen LogP contribution >= 0.6 is 0 Å². The number of hydrogen-bond donors (Lipinski definition) is 2. The zero-order valence-corrected chi connectivity index (χ0v) is 10.1. The first kappa shape index (κ1) is 15.7. The van der Waals surface area contributed by atoms with Gasteiger partial charge in [-0.2, -0.15) is 13.2 Å². The van der Waals surface area contributed by atoms with Crippen molar-refractivity contribution < 1.29 is 21.6 Å². The molecule has 16 heavy (non-hydrogen) atoms. The van der Waals surface area contributed by atoms with Gasteiger partial charge in [-0.25, -0.2) is 13.1 Å². The first-order valence-corrected chi connectivity index (χ1v) is 6.49. The average molecular weight is 262 g/mol. The summed E-state index contributed by atoms with van der Waals surface area (Å²) in [5.74, 6) is 0. The van der Waals surface area contributed by atoms with Gasteiger partial charge in [-0.3, -0.25) is 0 Å². The Morgan fingerprint density at radius 3 is 2.31 bits per heavy atom. The summed E-state index contributed by atoms with van der Waals surface area (Å²) in [5, 5.41) is 2.07. The van der Waals surface area contributed by atoms with E-state index in [1.807, 2.05) is 11.6 Å². The van der Waals surface area contributed by atoms with E-state index < -0.39 is 34.4 Å². The lowest BCUT2D eigenvalue weighted by Gasteiger charge is -2.14. The van der Waals surface area contributed by atoms with Gasteiger partial charge < -0.3 is 5.32 Å². The van der Waals surface area contributed by atoms with Crippen LogP contribution in [0.4, 0.5) is 13.2 Å². The van der Waals surface area contributed by atoms with Gasteiger partial charge in [0.2, 0.25) is 10.0 Å². The molecule has 0 saturated heterocycles. The number of hydrogen-bond acceptors (Lipinski definition) is 3. The third kappa shape index (κ3) is 7.02. The Hall–Kier alpha value is -0.340. The molecular weight excluding hydrogens is 245 g/mol. The van der Waals surface area contributed by atoms with E-state index in [1.165, 1.54) is 6.92 Å². The SMILES string of the molecule is CCNCC(C)S(=O)(=O)NCCC(F)(F)F. The number of nitrogens with one attached hydrogen (secondary N) is 2. The van der Waals surface area contributed by atoms with E-state index in [0.717, 1.165) is 0 Å². The minimum atomic E-state index is -4.34. The van der Waals surface area contributed by atoms with Crippen LogP contribution in [0.5, 0.6) is 0 Å². The lowest BCUT2D eigenvalue weighted by Crippen LogP contribution is -2.40. The molecule has 0 aliphatic carbocycles. The molecule has 0 radical (unpaired) electrons. The molecule has 0 fully saturated rings. The van der Waals surface area contributed by atoms with Crippen LogP contribution in [0.25, 0.3) is 0 Å². The topological polar surface area (TPSA) is 58.2 Å². The van der Waals surface area contributed by atoms with Crippen molar-refractivity contribution in [2.45, 2.75) is 31.7 Å².